The molecule has 0 N–H and O–H groups in total. The monoisotopic (exact) mass is 305 g/mol. The lowest BCUT2D eigenvalue weighted by molar-refractivity contribution is 0.588. The third-order valence-corrected chi connectivity index (χ3v) is 5.56. The van der Waals surface area contributed by atoms with Crippen molar-refractivity contribution in [2.24, 2.45) is 0 Å². The van der Waals surface area contributed by atoms with Crippen LogP contribution in [0.5, 0.6) is 0 Å². The summed E-state index contributed by atoms with van der Waals surface area (Å²) in [5.41, 5.74) is 1.12. The molecule has 0 unspecified atom stereocenters. The summed E-state index contributed by atoms with van der Waals surface area (Å²) in [5.74, 6) is 0. The maximum Gasteiger partial charge on any atom is 0.268 e. The van der Waals surface area contributed by atoms with Crippen LogP contribution >= 0.6 is 11.6 Å². The zero-order valence-electron chi connectivity index (χ0n) is 10.7. The first kappa shape index (κ1) is 13.2. The third-order valence-electron chi connectivity index (χ3n) is 3.26. The Morgan fingerprint density at radius 3 is 2.25 bits per heavy atom. The lowest BCUT2D eigenvalue weighted by Crippen LogP contribution is -2.14. The topological polar surface area (TPSA) is 39.1 Å². The molecule has 0 atom stereocenters. The van der Waals surface area contributed by atoms with Gasteiger partial charge in [0.05, 0.1) is 21.1 Å². The van der Waals surface area contributed by atoms with E-state index in [2.05, 4.69) is 0 Å². The molecule has 0 saturated heterocycles. The molecule has 0 bridgehead atoms. The Bertz CT molecular complexity index is 883. The molecule has 3 aromatic rings. The molecule has 102 valence electrons. The van der Waals surface area contributed by atoms with Gasteiger partial charge in [-0.25, -0.2) is 12.4 Å². The van der Waals surface area contributed by atoms with Crippen LogP contribution in [0.3, 0.4) is 0 Å². The Morgan fingerprint density at radius 2 is 1.55 bits per heavy atom. The summed E-state index contributed by atoms with van der Waals surface area (Å²) in [6.45, 7) is 1.71. The molecule has 3 rings (SSSR count). The molecule has 0 aliphatic rings. The van der Waals surface area contributed by atoms with Crippen molar-refractivity contribution >= 4 is 32.5 Å². The number of fused-ring (bicyclic) bond motifs is 1. The number of aromatic nitrogens is 1. The number of halogens is 1. The van der Waals surface area contributed by atoms with Gasteiger partial charge in [-0.05, 0) is 25.1 Å². The molecule has 0 spiro atoms. The van der Waals surface area contributed by atoms with Gasteiger partial charge < -0.3 is 0 Å². The summed E-state index contributed by atoms with van der Waals surface area (Å²) >= 11 is 6.25. The minimum atomic E-state index is -3.64. The number of hydrogen-bond acceptors (Lipinski definition) is 2. The highest BCUT2D eigenvalue weighted by atomic mass is 35.5. The van der Waals surface area contributed by atoms with Crippen molar-refractivity contribution in [3.8, 4) is 0 Å². The van der Waals surface area contributed by atoms with Gasteiger partial charge in [-0.3, -0.25) is 0 Å². The third kappa shape index (κ3) is 1.84. The molecular weight excluding hydrogens is 294 g/mol. The standard InChI is InChI=1S/C15H12ClNO2S/c1-11-15(16)13-9-5-6-10-14(13)17(11)20(18,19)12-7-3-2-4-8-12/h2-10H,1H3. The van der Waals surface area contributed by atoms with E-state index in [4.69, 9.17) is 11.6 Å². The van der Waals surface area contributed by atoms with Gasteiger partial charge in [-0.1, -0.05) is 48.0 Å². The maximum absolute atomic E-state index is 12.8. The number of benzene rings is 2. The highest BCUT2D eigenvalue weighted by molar-refractivity contribution is 7.90. The average Bonchev–Trinajstić information content (AvgIpc) is 2.73. The van der Waals surface area contributed by atoms with Gasteiger partial charge in [-0.15, -0.1) is 0 Å². The van der Waals surface area contributed by atoms with Crippen molar-refractivity contribution < 1.29 is 8.42 Å². The second-order valence-electron chi connectivity index (χ2n) is 4.50. The average molecular weight is 306 g/mol. The van der Waals surface area contributed by atoms with E-state index in [-0.39, 0.29) is 4.90 Å². The number of hydrogen-bond donors (Lipinski definition) is 0. The van der Waals surface area contributed by atoms with Gasteiger partial charge >= 0.3 is 0 Å². The van der Waals surface area contributed by atoms with E-state index in [0.717, 1.165) is 5.39 Å². The summed E-state index contributed by atoms with van der Waals surface area (Å²) in [5, 5.41) is 1.21. The Morgan fingerprint density at radius 1 is 0.950 bits per heavy atom. The first-order chi connectivity index (χ1) is 9.53. The molecule has 0 amide bonds. The van der Waals surface area contributed by atoms with E-state index in [1.807, 2.05) is 12.1 Å². The number of nitrogens with zero attached hydrogens (tertiary/aromatic N) is 1. The summed E-state index contributed by atoms with van der Waals surface area (Å²) in [6, 6.07) is 15.6. The lowest BCUT2D eigenvalue weighted by Gasteiger charge is -2.09. The van der Waals surface area contributed by atoms with Crippen LogP contribution in [0.2, 0.25) is 5.02 Å². The highest BCUT2D eigenvalue weighted by Crippen LogP contribution is 2.32. The van der Waals surface area contributed by atoms with Crippen molar-refractivity contribution in [2.75, 3.05) is 0 Å². The molecule has 0 saturated carbocycles. The summed E-state index contributed by atoms with van der Waals surface area (Å²) in [7, 11) is -3.64. The van der Waals surface area contributed by atoms with E-state index in [1.165, 1.54) is 3.97 Å². The van der Waals surface area contributed by atoms with Crippen molar-refractivity contribution in [3.05, 3.63) is 65.3 Å². The fourth-order valence-electron chi connectivity index (χ4n) is 2.31. The maximum atomic E-state index is 12.8. The fourth-order valence-corrected chi connectivity index (χ4v) is 4.18. The molecule has 5 heteroatoms. The predicted octanol–water partition coefficient (Wildman–Crippen LogP) is 3.84. The molecule has 2 aromatic carbocycles. The zero-order valence-corrected chi connectivity index (χ0v) is 12.3. The second kappa shape index (κ2) is 4.65. The van der Waals surface area contributed by atoms with Crippen LogP contribution in [-0.2, 0) is 10.0 Å². The van der Waals surface area contributed by atoms with E-state index in [9.17, 15) is 8.42 Å². The van der Waals surface area contributed by atoms with Gasteiger partial charge in [0.15, 0.2) is 0 Å². The van der Waals surface area contributed by atoms with Gasteiger partial charge in [0.2, 0.25) is 0 Å². The minimum Gasteiger partial charge on any atom is -0.237 e. The molecular formula is C15H12ClNO2S. The van der Waals surface area contributed by atoms with Crippen LogP contribution in [-0.4, -0.2) is 12.4 Å². The molecule has 20 heavy (non-hydrogen) atoms. The minimum absolute atomic E-state index is 0.250. The van der Waals surface area contributed by atoms with Gasteiger partial charge in [0.1, 0.15) is 0 Å². The van der Waals surface area contributed by atoms with Crippen LogP contribution in [0.1, 0.15) is 5.69 Å². The van der Waals surface area contributed by atoms with E-state index < -0.39 is 10.0 Å². The van der Waals surface area contributed by atoms with Crippen molar-refractivity contribution in [3.63, 3.8) is 0 Å². The van der Waals surface area contributed by atoms with E-state index in [1.54, 1.807) is 49.4 Å². The number of rotatable bonds is 2. The quantitative estimate of drug-likeness (QED) is 0.721. The zero-order chi connectivity index (χ0) is 14.3. The second-order valence-corrected chi connectivity index (χ2v) is 6.66. The molecule has 0 aliphatic heterocycles. The Kier molecular flexibility index (Phi) is 3.07. The molecule has 0 aliphatic carbocycles. The smallest absolute Gasteiger partial charge is 0.237 e. The van der Waals surface area contributed by atoms with E-state index >= 15 is 0 Å². The van der Waals surface area contributed by atoms with Crippen LogP contribution in [0.15, 0.2) is 59.5 Å². The number of para-hydroxylation sites is 1. The molecule has 1 heterocycles. The lowest BCUT2D eigenvalue weighted by atomic mass is 10.2. The van der Waals surface area contributed by atoms with Gasteiger partial charge in [0, 0.05) is 5.39 Å². The molecule has 0 radical (unpaired) electrons. The largest absolute Gasteiger partial charge is 0.268 e. The Balaban J connectivity index is 2.39. The van der Waals surface area contributed by atoms with Crippen LogP contribution in [0.25, 0.3) is 10.9 Å². The first-order valence-corrected chi connectivity index (χ1v) is 7.91. The van der Waals surface area contributed by atoms with Gasteiger partial charge in [-0.2, -0.15) is 0 Å². The SMILES string of the molecule is Cc1c(Cl)c2ccccc2n1S(=O)(=O)c1ccccc1. The molecule has 3 nitrogen and oxygen atoms in total. The molecule has 0 fully saturated rings. The van der Waals surface area contributed by atoms with Crippen LogP contribution in [0.4, 0.5) is 0 Å². The Labute approximate surface area is 122 Å². The fraction of sp³-hybridized carbons (Fsp3) is 0.0667. The van der Waals surface area contributed by atoms with Crippen molar-refractivity contribution in [1.29, 1.82) is 0 Å². The summed E-state index contributed by atoms with van der Waals surface area (Å²) in [6.07, 6.45) is 0. The Hall–Kier alpha value is -1.78. The first-order valence-electron chi connectivity index (χ1n) is 6.09. The van der Waals surface area contributed by atoms with Crippen LogP contribution in [0, 0.1) is 6.92 Å². The van der Waals surface area contributed by atoms with Crippen molar-refractivity contribution in [1.82, 2.24) is 3.97 Å². The molecule has 1 aromatic heterocycles. The van der Waals surface area contributed by atoms with Crippen molar-refractivity contribution in [2.45, 2.75) is 11.8 Å². The summed E-state index contributed by atoms with van der Waals surface area (Å²) < 4.78 is 26.9. The summed E-state index contributed by atoms with van der Waals surface area (Å²) in [4.78, 5) is 0.250. The normalized spacial score (nSPS) is 11.9. The highest BCUT2D eigenvalue weighted by Gasteiger charge is 2.23. The van der Waals surface area contributed by atoms with E-state index in [0.29, 0.717) is 16.2 Å². The van der Waals surface area contributed by atoms with Gasteiger partial charge in [0.25, 0.3) is 10.0 Å². The van der Waals surface area contributed by atoms with Crippen LogP contribution < -0.4 is 0 Å². The predicted molar refractivity (Wildman–Crippen MR) is 80.7 cm³/mol.